The summed E-state index contributed by atoms with van der Waals surface area (Å²) in [5, 5.41) is 15.6. The average molecular weight is 251 g/mol. The molecule has 0 radical (unpaired) electrons. The Hall–Kier alpha value is -1.30. The first-order valence-electron chi connectivity index (χ1n) is 5.54. The van der Waals surface area contributed by atoms with Crippen LogP contribution in [0.25, 0.3) is 0 Å². The second-order valence-electron chi connectivity index (χ2n) is 4.71. The van der Waals surface area contributed by atoms with Gasteiger partial charge in [0.25, 0.3) is 0 Å². The first-order chi connectivity index (χ1) is 7.99. The highest BCUT2D eigenvalue weighted by Gasteiger charge is 2.29. The molecular weight excluding hydrogens is 234 g/mol. The molecule has 0 spiro atoms. The Balaban J connectivity index is 2.30. The van der Waals surface area contributed by atoms with Gasteiger partial charge < -0.3 is 10.6 Å². The van der Waals surface area contributed by atoms with Crippen molar-refractivity contribution in [3.63, 3.8) is 0 Å². The van der Waals surface area contributed by atoms with E-state index in [1.807, 2.05) is 11.8 Å². The van der Waals surface area contributed by atoms with Gasteiger partial charge >= 0.3 is 0 Å². The van der Waals surface area contributed by atoms with E-state index in [-0.39, 0.29) is 10.6 Å². The van der Waals surface area contributed by atoms with Crippen LogP contribution in [-0.4, -0.2) is 39.6 Å². The van der Waals surface area contributed by atoms with E-state index in [4.69, 9.17) is 11.1 Å². The zero-order valence-corrected chi connectivity index (χ0v) is 10.9. The molecule has 1 aromatic heterocycles. The zero-order chi connectivity index (χ0) is 12.5. The van der Waals surface area contributed by atoms with Crippen LogP contribution in [0.2, 0.25) is 0 Å². The lowest BCUT2D eigenvalue weighted by atomic mass is 10.1. The van der Waals surface area contributed by atoms with Crippen molar-refractivity contribution in [1.82, 2.24) is 10.2 Å². The van der Waals surface area contributed by atoms with Crippen LogP contribution < -0.4 is 10.6 Å². The molecule has 6 heteroatoms. The Bertz CT molecular complexity index is 432. The maximum absolute atomic E-state index is 7.57. The molecule has 0 saturated carbocycles. The minimum absolute atomic E-state index is 0.0472. The fraction of sp³-hybridized carbons (Fsp3) is 0.545. The highest BCUT2D eigenvalue weighted by molar-refractivity contribution is 8.00. The van der Waals surface area contributed by atoms with Gasteiger partial charge in [0.1, 0.15) is 5.84 Å². The van der Waals surface area contributed by atoms with Crippen molar-refractivity contribution in [2.45, 2.75) is 18.6 Å². The fourth-order valence-electron chi connectivity index (χ4n) is 1.97. The van der Waals surface area contributed by atoms with E-state index in [9.17, 15) is 0 Å². The quantitative estimate of drug-likeness (QED) is 0.607. The van der Waals surface area contributed by atoms with E-state index < -0.39 is 0 Å². The van der Waals surface area contributed by atoms with Crippen LogP contribution in [0, 0.1) is 5.41 Å². The SMILES string of the molecule is CC1(C)CN(c2nnccc2C(=N)N)CCS1. The third kappa shape index (κ3) is 2.69. The number of nitrogen functional groups attached to an aromatic ring is 1. The minimum Gasteiger partial charge on any atom is -0.384 e. The average Bonchev–Trinajstić information content (AvgIpc) is 2.27. The monoisotopic (exact) mass is 251 g/mol. The lowest BCUT2D eigenvalue weighted by Crippen LogP contribution is -2.44. The summed E-state index contributed by atoms with van der Waals surface area (Å²) in [6.07, 6.45) is 1.57. The minimum atomic E-state index is 0.0472. The van der Waals surface area contributed by atoms with Gasteiger partial charge in [0, 0.05) is 23.6 Å². The van der Waals surface area contributed by atoms with Gasteiger partial charge in [-0.05, 0) is 19.9 Å². The maximum atomic E-state index is 7.57. The Kier molecular flexibility index (Phi) is 3.24. The van der Waals surface area contributed by atoms with Crippen molar-refractivity contribution in [1.29, 1.82) is 5.41 Å². The van der Waals surface area contributed by atoms with Gasteiger partial charge in [0.2, 0.25) is 0 Å². The fourth-order valence-corrected chi connectivity index (χ4v) is 3.08. The number of amidine groups is 1. The molecular formula is C11H17N5S. The van der Waals surface area contributed by atoms with Gasteiger partial charge in [-0.2, -0.15) is 16.9 Å². The lowest BCUT2D eigenvalue weighted by Gasteiger charge is -2.38. The molecule has 0 amide bonds. The number of nitrogens with two attached hydrogens (primary N) is 1. The highest BCUT2D eigenvalue weighted by Crippen LogP contribution is 2.32. The zero-order valence-electron chi connectivity index (χ0n) is 10.1. The third-order valence-electron chi connectivity index (χ3n) is 2.72. The van der Waals surface area contributed by atoms with E-state index in [0.717, 1.165) is 24.7 Å². The van der Waals surface area contributed by atoms with Gasteiger partial charge in [-0.15, -0.1) is 5.10 Å². The Morgan fingerprint density at radius 2 is 2.35 bits per heavy atom. The number of rotatable bonds is 2. The van der Waals surface area contributed by atoms with Crippen molar-refractivity contribution >= 4 is 23.4 Å². The molecule has 5 nitrogen and oxygen atoms in total. The Labute approximate surface area is 105 Å². The molecule has 0 aromatic carbocycles. The highest BCUT2D eigenvalue weighted by atomic mass is 32.2. The Morgan fingerprint density at radius 1 is 1.59 bits per heavy atom. The van der Waals surface area contributed by atoms with E-state index >= 15 is 0 Å². The van der Waals surface area contributed by atoms with E-state index in [2.05, 4.69) is 28.9 Å². The van der Waals surface area contributed by atoms with Gasteiger partial charge in [0.05, 0.1) is 11.8 Å². The summed E-state index contributed by atoms with van der Waals surface area (Å²) < 4.78 is 0.198. The summed E-state index contributed by atoms with van der Waals surface area (Å²) in [6.45, 7) is 6.25. The second-order valence-corrected chi connectivity index (χ2v) is 6.51. The molecule has 0 aliphatic carbocycles. The van der Waals surface area contributed by atoms with Gasteiger partial charge in [-0.25, -0.2) is 0 Å². The summed E-state index contributed by atoms with van der Waals surface area (Å²) in [5.74, 6) is 1.83. The van der Waals surface area contributed by atoms with E-state index in [0.29, 0.717) is 5.56 Å². The van der Waals surface area contributed by atoms with E-state index in [1.54, 1.807) is 12.3 Å². The van der Waals surface area contributed by atoms with Crippen molar-refractivity contribution in [2.75, 3.05) is 23.7 Å². The van der Waals surface area contributed by atoms with Gasteiger partial charge in [0.15, 0.2) is 5.82 Å². The molecule has 3 N–H and O–H groups in total. The smallest absolute Gasteiger partial charge is 0.162 e. The second kappa shape index (κ2) is 4.52. The summed E-state index contributed by atoms with van der Waals surface area (Å²) in [4.78, 5) is 2.17. The van der Waals surface area contributed by atoms with Crippen LogP contribution in [0.5, 0.6) is 0 Å². The number of anilines is 1. The standard InChI is InChI=1S/C11H17N5S/c1-11(2)7-16(5-6-17-11)10-8(9(12)13)3-4-14-15-10/h3-4H,5-7H2,1-2H3,(H3,12,13). The van der Waals surface area contributed by atoms with Crippen molar-refractivity contribution in [2.24, 2.45) is 5.73 Å². The van der Waals surface area contributed by atoms with Crippen LogP contribution >= 0.6 is 11.8 Å². The number of nitrogens with zero attached hydrogens (tertiary/aromatic N) is 3. The molecule has 17 heavy (non-hydrogen) atoms. The molecule has 0 unspecified atom stereocenters. The normalized spacial score (nSPS) is 19.1. The number of hydrogen-bond acceptors (Lipinski definition) is 5. The molecule has 1 aliphatic heterocycles. The number of nitrogens with one attached hydrogen (secondary N) is 1. The topological polar surface area (TPSA) is 78.9 Å². The van der Waals surface area contributed by atoms with Crippen LogP contribution in [0.15, 0.2) is 12.3 Å². The van der Waals surface area contributed by atoms with Crippen LogP contribution in [-0.2, 0) is 0 Å². The summed E-state index contributed by atoms with van der Waals surface area (Å²) in [6, 6.07) is 1.75. The molecule has 1 aliphatic rings. The summed E-state index contributed by atoms with van der Waals surface area (Å²) in [7, 11) is 0. The lowest BCUT2D eigenvalue weighted by molar-refractivity contribution is 0.638. The predicted molar refractivity (Wildman–Crippen MR) is 71.8 cm³/mol. The molecule has 0 atom stereocenters. The molecule has 0 bridgehead atoms. The largest absolute Gasteiger partial charge is 0.384 e. The molecule has 1 saturated heterocycles. The first kappa shape index (κ1) is 12.2. The van der Waals surface area contributed by atoms with Crippen molar-refractivity contribution < 1.29 is 0 Å². The van der Waals surface area contributed by atoms with Crippen LogP contribution in [0.4, 0.5) is 5.82 Å². The maximum Gasteiger partial charge on any atom is 0.162 e. The molecule has 92 valence electrons. The third-order valence-corrected chi connectivity index (χ3v) is 4.01. The van der Waals surface area contributed by atoms with Gasteiger partial charge in [-0.1, -0.05) is 0 Å². The van der Waals surface area contributed by atoms with Crippen LogP contribution in [0.1, 0.15) is 19.4 Å². The number of aromatic nitrogens is 2. The molecule has 2 rings (SSSR count). The van der Waals surface area contributed by atoms with Crippen molar-refractivity contribution in [3.05, 3.63) is 17.8 Å². The summed E-state index contributed by atoms with van der Waals surface area (Å²) >= 11 is 1.96. The first-order valence-corrected chi connectivity index (χ1v) is 6.53. The molecule has 1 fully saturated rings. The predicted octanol–water partition coefficient (Wildman–Crippen LogP) is 1.09. The van der Waals surface area contributed by atoms with E-state index in [1.165, 1.54) is 0 Å². The molecule has 1 aromatic rings. The number of thioether (sulfide) groups is 1. The number of hydrogen-bond donors (Lipinski definition) is 2. The van der Waals surface area contributed by atoms with Crippen molar-refractivity contribution in [3.8, 4) is 0 Å². The van der Waals surface area contributed by atoms with Gasteiger partial charge in [-0.3, -0.25) is 5.41 Å². The van der Waals surface area contributed by atoms with Crippen LogP contribution in [0.3, 0.4) is 0 Å². The Morgan fingerprint density at radius 3 is 3.00 bits per heavy atom. The summed E-state index contributed by atoms with van der Waals surface area (Å²) in [5.41, 5.74) is 6.24. The molecule has 2 heterocycles.